The zero-order chi connectivity index (χ0) is 32.0. The molecule has 0 amide bonds. The highest BCUT2D eigenvalue weighted by atomic mass is 15.0. The van der Waals surface area contributed by atoms with Gasteiger partial charge < -0.3 is 0 Å². The Morgan fingerprint density at radius 3 is 1.66 bits per heavy atom. The van der Waals surface area contributed by atoms with Crippen LogP contribution in [0.3, 0.4) is 0 Å². The standard InChI is InChI=1S/C43H30N4/c1-43(2)37-19-11-18-35(39(37)36-25-24-34(44-3)27-38(36)43)32-16-10-17-33(26-32)42-46-40(30-14-8-5-9-15-30)45-41(47-42)31-22-20-29(21-23-31)28-12-6-4-7-13-28/h4-27H,1-2H3. The van der Waals surface area contributed by atoms with Crippen LogP contribution in [-0.2, 0) is 5.41 Å². The SMILES string of the molecule is [C-]#[N+]c1ccc2c(c1)C(C)(C)c1cccc(-c3cccc(-c4nc(-c5ccccc5)nc(-c5ccc(-c6ccccc6)cc5)n4)c3)c1-2. The van der Waals surface area contributed by atoms with Gasteiger partial charge in [0.15, 0.2) is 23.2 Å². The summed E-state index contributed by atoms with van der Waals surface area (Å²) in [6, 6.07) is 49.9. The van der Waals surface area contributed by atoms with E-state index < -0.39 is 0 Å². The number of nitrogens with zero attached hydrogens (tertiary/aromatic N) is 4. The number of aromatic nitrogens is 3. The predicted octanol–water partition coefficient (Wildman–Crippen LogP) is 11.1. The second kappa shape index (κ2) is 11.3. The van der Waals surface area contributed by atoms with E-state index in [1.54, 1.807) is 0 Å². The number of benzene rings is 6. The second-order valence-electron chi connectivity index (χ2n) is 12.4. The van der Waals surface area contributed by atoms with E-state index in [0.717, 1.165) is 33.4 Å². The first-order chi connectivity index (χ1) is 23.0. The molecule has 0 radical (unpaired) electrons. The topological polar surface area (TPSA) is 43.0 Å². The van der Waals surface area contributed by atoms with Crippen LogP contribution in [0, 0.1) is 6.57 Å². The molecule has 7 aromatic rings. The van der Waals surface area contributed by atoms with Gasteiger partial charge in [0, 0.05) is 22.1 Å². The van der Waals surface area contributed by atoms with Crippen LogP contribution >= 0.6 is 0 Å². The molecule has 4 nitrogen and oxygen atoms in total. The maximum atomic E-state index is 7.57. The van der Waals surface area contributed by atoms with Gasteiger partial charge in [-0.1, -0.05) is 153 Å². The first kappa shape index (κ1) is 28.3. The highest BCUT2D eigenvalue weighted by molar-refractivity contribution is 5.94. The molecule has 0 spiro atoms. The molecule has 222 valence electrons. The van der Waals surface area contributed by atoms with E-state index >= 15 is 0 Å². The van der Waals surface area contributed by atoms with Gasteiger partial charge >= 0.3 is 0 Å². The molecule has 1 aliphatic carbocycles. The minimum absolute atomic E-state index is 0.206. The minimum Gasteiger partial charge on any atom is -0.238 e. The molecule has 0 saturated heterocycles. The summed E-state index contributed by atoms with van der Waals surface area (Å²) in [5, 5.41) is 0. The fraction of sp³-hybridized carbons (Fsp3) is 0.0698. The summed E-state index contributed by atoms with van der Waals surface area (Å²) in [4.78, 5) is 18.7. The lowest BCUT2D eigenvalue weighted by molar-refractivity contribution is 0.661. The van der Waals surface area contributed by atoms with E-state index in [9.17, 15) is 0 Å². The summed E-state index contributed by atoms with van der Waals surface area (Å²) in [6.07, 6.45) is 0. The Kier molecular flexibility index (Phi) is 6.82. The van der Waals surface area contributed by atoms with Crippen molar-refractivity contribution < 1.29 is 0 Å². The molecule has 0 aliphatic heterocycles. The van der Waals surface area contributed by atoms with Gasteiger partial charge in [-0.05, 0) is 50.6 Å². The van der Waals surface area contributed by atoms with Gasteiger partial charge in [-0.15, -0.1) is 0 Å². The van der Waals surface area contributed by atoms with Crippen molar-refractivity contribution in [1.82, 2.24) is 15.0 Å². The Balaban J connectivity index is 1.25. The third kappa shape index (κ3) is 4.99. The fourth-order valence-corrected chi connectivity index (χ4v) is 6.70. The first-order valence-corrected chi connectivity index (χ1v) is 15.7. The third-order valence-electron chi connectivity index (χ3n) is 9.16. The molecule has 0 saturated carbocycles. The zero-order valence-electron chi connectivity index (χ0n) is 26.1. The van der Waals surface area contributed by atoms with Crippen molar-refractivity contribution in [2.75, 3.05) is 0 Å². The van der Waals surface area contributed by atoms with Crippen LogP contribution in [0.4, 0.5) is 5.69 Å². The molecule has 1 aromatic heterocycles. The molecule has 1 aliphatic rings. The minimum atomic E-state index is -0.206. The van der Waals surface area contributed by atoms with Gasteiger partial charge in [0.05, 0.1) is 6.57 Å². The van der Waals surface area contributed by atoms with Crippen LogP contribution in [0.15, 0.2) is 146 Å². The molecule has 47 heavy (non-hydrogen) atoms. The number of hydrogen-bond donors (Lipinski definition) is 0. The Labute approximate surface area is 274 Å². The van der Waals surface area contributed by atoms with Gasteiger partial charge in [-0.25, -0.2) is 19.8 Å². The number of fused-ring (bicyclic) bond motifs is 3. The fourth-order valence-electron chi connectivity index (χ4n) is 6.70. The van der Waals surface area contributed by atoms with E-state index in [1.165, 1.54) is 27.8 Å². The van der Waals surface area contributed by atoms with E-state index in [2.05, 4.69) is 116 Å². The van der Waals surface area contributed by atoms with Crippen LogP contribution in [0.2, 0.25) is 0 Å². The van der Waals surface area contributed by atoms with E-state index in [-0.39, 0.29) is 5.41 Å². The Bertz CT molecular complexity index is 2320. The summed E-state index contributed by atoms with van der Waals surface area (Å²) in [7, 11) is 0. The van der Waals surface area contributed by atoms with Crippen LogP contribution in [0.1, 0.15) is 25.0 Å². The van der Waals surface area contributed by atoms with Gasteiger partial charge in [0.25, 0.3) is 0 Å². The molecule has 0 atom stereocenters. The zero-order valence-corrected chi connectivity index (χ0v) is 26.1. The maximum Gasteiger partial charge on any atom is 0.187 e. The van der Waals surface area contributed by atoms with Crippen molar-refractivity contribution in [1.29, 1.82) is 0 Å². The molecule has 0 bridgehead atoms. The summed E-state index contributed by atoms with van der Waals surface area (Å²) in [5.41, 5.74) is 12.7. The highest BCUT2D eigenvalue weighted by Crippen LogP contribution is 2.53. The average molecular weight is 603 g/mol. The molecule has 4 heteroatoms. The molecule has 0 fully saturated rings. The van der Waals surface area contributed by atoms with Crippen LogP contribution in [0.5, 0.6) is 0 Å². The van der Waals surface area contributed by atoms with Crippen molar-refractivity contribution >= 4 is 5.69 Å². The molecule has 8 rings (SSSR count). The van der Waals surface area contributed by atoms with Crippen molar-refractivity contribution in [3.05, 3.63) is 168 Å². The summed E-state index contributed by atoms with van der Waals surface area (Å²) in [5.74, 6) is 1.89. The monoisotopic (exact) mass is 602 g/mol. The second-order valence-corrected chi connectivity index (χ2v) is 12.4. The number of rotatable bonds is 5. The molecular weight excluding hydrogens is 573 g/mol. The average Bonchev–Trinajstić information content (AvgIpc) is 3.37. The van der Waals surface area contributed by atoms with Crippen molar-refractivity contribution in [3.8, 4) is 67.5 Å². The van der Waals surface area contributed by atoms with Crippen molar-refractivity contribution in [2.45, 2.75) is 19.3 Å². The lowest BCUT2D eigenvalue weighted by Crippen LogP contribution is -2.14. The van der Waals surface area contributed by atoms with Crippen molar-refractivity contribution in [3.63, 3.8) is 0 Å². The van der Waals surface area contributed by atoms with Gasteiger partial charge in [-0.2, -0.15) is 0 Å². The van der Waals surface area contributed by atoms with Crippen LogP contribution < -0.4 is 0 Å². The van der Waals surface area contributed by atoms with E-state index in [1.807, 2.05) is 48.5 Å². The Morgan fingerprint density at radius 2 is 0.979 bits per heavy atom. The van der Waals surface area contributed by atoms with Crippen molar-refractivity contribution in [2.24, 2.45) is 0 Å². The third-order valence-corrected chi connectivity index (χ3v) is 9.16. The smallest absolute Gasteiger partial charge is 0.187 e. The van der Waals surface area contributed by atoms with Gasteiger partial charge in [0.2, 0.25) is 0 Å². The largest absolute Gasteiger partial charge is 0.238 e. The first-order valence-electron chi connectivity index (χ1n) is 15.7. The maximum absolute atomic E-state index is 7.57. The van der Waals surface area contributed by atoms with Crippen LogP contribution in [-0.4, -0.2) is 15.0 Å². The summed E-state index contributed by atoms with van der Waals surface area (Å²) < 4.78 is 0. The quantitative estimate of drug-likeness (QED) is 0.184. The molecule has 0 N–H and O–H groups in total. The summed E-state index contributed by atoms with van der Waals surface area (Å²) in [6.45, 7) is 12.1. The molecular formula is C43H30N4. The van der Waals surface area contributed by atoms with Gasteiger partial charge in [0.1, 0.15) is 0 Å². The molecule has 0 unspecified atom stereocenters. The lowest BCUT2D eigenvalue weighted by Gasteiger charge is -2.22. The Morgan fingerprint density at radius 1 is 0.447 bits per heavy atom. The Hall–Kier alpha value is -6.18. The lowest BCUT2D eigenvalue weighted by atomic mass is 9.82. The molecule has 1 heterocycles. The van der Waals surface area contributed by atoms with Gasteiger partial charge in [-0.3, -0.25) is 0 Å². The van der Waals surface area contributed by atoms with Crippen LogP contribution in [0.25, 0.3) is 72.4 Å². The number of hydrogen-bond acceptors (Lipinski definition) is 3. The predicted molar refractivity (Wildman–Crippen MR) is 191 cm³/mol. The normalized spacial score (nSPS) is 12.6. The van der Waals surface area contributed by atoms with E-state index in [4.69, 9.17) is 21.5 Å². The highest BCUT2D eigenvalue weighted by Gasteiger charge is 2.36. The molecule has 6 aromatic carbocycles. The van der Waals surface area contributed by atoms with E-state index in [0.29, 0.717) is 23.2 Å². The summed E-state index contributed by atoms with van der Waals surface area (Å²) >= 11 is 0.